The van der Waals surface area contributed by atoms with E-state index in [-0.39, 0.29) is 11.8 Å². The number of anilines is 2. The molecule has 0 unspecified atom stereocenters. The van der Waals surface area contributed by atoms with Crippen LogP contribution < -0.4 is 20.1 Å². The van der Waals surface area contributed by atoms with E-state index in [9.17, 15) is 9.59 Å². The number of carbonyl (C=O) groups is 2. The molecule has 2 N–H and O–H groups in total. The summed E-state index contributed by atoms with van der Waals surface area (Å²) in [7, 11) is 0. The second-order valence-electron chi connectivity index (χ2n) is 6.21. The molecule has 4 rings (SSSR count). The Hall–Kier alpha value is -3.10. The normalized spacial score (nSPS) is 12.3. The van der Waals surface area contributed by atoms with Crippen LogP contribution in [0.5, 0.6) is 11.5 Å². The van der Waals surface area contributed by atoms with Crippen LogP contribution in [-0.4, -0.2) is 30.0 Å². The molecule has 2 heterocycles. The van der Waals surface area contributed by atoms with Gasteiger partial charge in [0.2, 0.25) is 0 Å². The van der Waals surface area contributed by atoms with E-state index in [1.165, 1.54) is 0 Å². The number of nitrogens with zero attached hydrogens (tertiary/aromatic N) is 1. The first-order valence-corrected chi connectivity index (χ1v) is 9.94. The number of ether oxygens (including phenoxy) is 2. The van der Waals surface area contributed by atoms with Crippen LogP contribution in [-0.2, 0) is 0 Å². The van der Waals surface area contributed by atoms with Crippen molar-refractivity contribution in [2.45, 2.75) is 6.92 Å². The smallest absolute Gasteiger partial charge is 0.267 e. The van der Waals surface area contributed by atoms with E-state index in [4.69, 9.17) is 21.1 Å². The standard InChI is InChI=1S/C20H16ClN3O4S/c1-11-17(19(26)23-14-6-7-15-16(10-14)28-9-8-27-15)29-20(22-11)24-18(25)12-2-4-13(21)5-3-12/h2-7,10H,8-9H2,1H3,(H,23,26)(H,22,24,25). The molecule has 9 heteroatoms. The predicted molar refractivity (Wildman–Crippen MR) is 112 cm³/mol. The van der Waals surface area contributed by atoms with Crippen LogP contribution in [0.1, 0.15) is 25.7 Å². The molecular weight excluding hydrogens is 414 g/mol. The highest BCUT2D eigenvalue weighted by Crippen LogP contribution is 2.33. The van der Waals surface area contributed by atoms with Crippen molar-refractivity contribution >= 4 is 45.6 Å². The average Bonchev–Trinajstić information content (AvgIpc) is 3.08. The highest BCUT2D eigenvalue weighted by atomic mass is 35.5. The Morgan fingerprint density at radius 3 is 2.48 bits per heavy atom. The number of fused-ring (bicyclic) bond motifs is 1. The molecule has 2 amide bonds. The van der Waals surface area contributed by atoms with Gasteiger partial charge in [0.15, 0.2) is 16.6 Å². The van der Waals surface area contributed by atoms with E-state index in [1.54, 1.807) is 49.4 Å². The summed E-state index contributed by atoms with van der Waals surface area (Å²) in [6.07, 6.45) is 0. The van der Waals surface area contributed by atoms with Gasteiger partial charge in [-0.05, 0) is 43.3 Å². The molecule has 7 nitrogen and oxygen atoms in total. The highest BCUT2D eigenvalue weighted by molar-refractivity contribution is 7.17. The van der Waals surface area contributed by atoms with Crippen molar-refractivity contribution in [1.82, 2.24) is 4.98 Å². The minimum absolute atomic E-state index is 0.316. The summed E-state index contributed by atoms with van der Waals surface area (Å²) < 4.78 is 11.0. The van der Waals surface area contributed by atoms with E-state index >= 15 is 0 Å². The fourth-order valence-electron chi connectivity index (χ4n) is 2.74. The van der Waals surface area contributed by atoms with Crippen LogP contribution in [0.4, 0.5) is 10.8 Å². The lowest BCUT2D eigenvalue weighted by Crippen LogP contribution is -2.16. The third-order valence-electron chi connectivity index (χ3n) is 4.13. The van der Waals surface area contributed by atoms with Crippen LogP contribution in [0.3, 0.4) is 0 Å². The van der Waals surface area contributed by atoms with Gasteiger partial charge in [-0.25, -0.2) is 4.98 Å². The number of halogens is 1. The zero-order valence-electron chi connectivity index (χ0n) is 15.3. The lowest BCUT2D eigenvalue weighted by Gasteiger charge is -2.18. The summed E-state index contributed by atoms with van der Waals surface area (Å²) in [6, 6.07) is 11.7. The van der Waals surface area contributed by atoms with Gasteiger partial charge < -0.3 is 14.8 Å². The molecule has 3 aromatic rings. The van der Waals surface area contributed by atoms with E-state index in [2.05, 4.69) is 15.6 Å². The molecule has 1 aliphatic rings. The number of carbonyl (C=O) groups excluding carboxylic acids is 2. The number of thiazole rings is 1. The van der Waals surface area contributed by atoms with Gasteiger partial charge in [0.05, 0.1) is 5.69 Å². The average molecular weight is 430 g/mol. The Labute approximate surface area is 175 Å². The van der Waals surface area contributed by atoms with Crippen molar-refractivity contribution in [3.63, 3.8) is 0 Å². The SMILES string of the molecule is Cc1nc(NC(=O)c2ccc(Cl)cc2)sc1C(=O)Nc1ccc2c(c1)OCCO2. The maximum atomic E-state index is 12.7. The Kier molecular flexibility index (Phi) is 5.37. The first kappa shape index (κ1) is 19.2. The van der Waals surface area contributed by atoms with Gasteiger partial charge in [0.25, 0.3) is 11.8 Å². The van der Waals surface area contributed by atoms with Crippen LogP contribution in [0.15, 0.2) is 42.5 Å². The lowest BCUT2D eigenvalue weighted by molar-refractivity contribution is 0.102. The Balaban J connectivity index is 1.46. The summed E-state index contributed by atoms with van der Waals surface area (Å²) >= 11 is 6.94. The second-order valence-corrected chi connectivity index (χ2v) is 7.64. The molecule has 0 atom stereocenters. The Bertz CT molecular complexity index is 1080. The predicted octanol–water partition coefficient (Wildman–Crippen LogP) is 4.38. The molecule has 0 saturated heterocycles. The first-order valence-electron chi connectivity index (χ1n) is 8.75. The fraction of sp³-hybridized carbons (Fsp3) is 0.150. The van der Waals surface area contributed by atoms with Gasteiger partial charge in [-0.3, -0.25) is 14.9 Å². The van der Waals surface area contributed by atoms with Crippen molar-refractivity contribution in [2.24, 2.45) is 0 Å². The molecule has 148 valence electrons. The zero-order chi connectivity index (χ0) is 20.4. The van der Waals surface area contributed by atoms with Crippen molar-refractivity contribution in [2.75, 3.05) is 23.8 Å². The van der Waals surface area contributed by atoms with E-state index in [1.807, 2.05) is 0 Å². The Morgan fingerprint density at radius 1 is 1.00 bits per heavy atom. The Morgan fingerprint density at radius 2 is 1.72 bits per heavy atom. The van der Waals surface area contributed by atoms with Gasteiger partial charge in [0, 0.05) is 22.3 Å². The van der Waals surface area contributed by atoms with Crippen LogP contribution in [0, 0.1) is 6.92 Å². The number of hydrogen-bond donors (Lipinski definition) is 2. The van der Waals surface area contributed by atoms with Gasteiger partial charge in [0.1, 0.15) is 18.1 Å². The highest BCUT2D eigenvalue weighted by Gasteiger charge is 2.19. The summed E-state index contributed by atoms with van der Waals surface area (Å²) in [5.41, 5.74) is 1.56. The molecular formula is C20H16ClN3O4S. The molecule has 29 heavy (non-hydrogen) atoms. The van der Waals surface area contributed by atoms with Crippen molar-refractivity contribution in [1.29, 1.82) is 0 Å². The van der Waals surface area contributed by atoms with Crippen LogP contribution >= 0.6 is 22.9 Å². The molecule has 0 fully saturated rings. The number of amides is 2. The molecule has 1 aromatic heterocycles. The molecule has 2 aromatic carbocycles. The summed E-state index contributed by atoms with van der Waals surface area (Å²) in [6.45, 7) is 2.69. The molecule has 0 saturated carbocycles. The third-order valence-corrected chi connectivity index (χ3v) is 5.45. The van der Waals surface area contributed by atoms with E-state index < -0.39 is 0 Å². The summed E-state index contributed by atoms with van der Waals surface area (Å²) in [4.78, 5) is 29.7. The molecule has 1 aliphatic heterocycles. The summed E-state index contributed by atoms with van der Waals surface area (Å²) in [5.74, 6) is 0.597. The van der Waals surface area contributed by atoms with Crippen LogP contribution in [0.25, 0.3) is 0 Å². The van der Waals surface area contributed by atoms with Gasteiger partial charge >= 0.3 is 0 Å². The van der Waals surface area contributed by atoms with Crippen molar-refractivity contribution < 1.29 is 19.1 Å². The van der Waals surface area contributed by atoms with E-state index in [0.29, 0.717) is 56.7 Å². The number of aromatic nitrogens is 1. The first-order chi connectivity index (χ1) is 14.0. The van der Waals surface area contributed by atoms with Gasteiger partial charge in [-0.15, -0.1) is 0 Å². The largest absolute Gasteiger partial charge is 0.486 e. The van der Waals surface area contributed by atoms with Gasteiger partial charge in [-0.1, -0.05) is 22.9 Å². The quantitative estimate of drug-likeness (QED) is 0.642. The molecule has 0 radical (unpaired) electrons. The topological polar surface area (TPSA) is 89.6 Å². The number of aryl methyl sites for hydroxylation is 1. The lowest BCUT2D eigenvalue weighted by atomic mass is 10.2. The van der Waals surface area contributed by atoms with Crippen LogP contribution in [0.2, 0.25) is 5.02 Å². The minimum atomic E-state index is -0.325. The fourth-order valence-corrected chi connectivity index (χ4v) is 3.72. The van der Waals surface area contributed by atoms with Crippen molar-refractivity contribution in [3.8, 4) is 11.5 Å². The number of nitrogens with one attached hydrogen (secondary N) is 2. The third kappa shape index (κ3) is 4.33. The molecule has 0 aliphatic carbocycles. The molecule has 0 bridgehead atoms. The zero-order valence-corrected chi connectivity index (χ0v) is 16.9. The number of rotatable bonds is 4. The monoisotopic (exact) mass is 429 g/mol. The summed E-state index contributed by atoms with van der Waals surface area (Å²) in [5, 5.41) is 6.42. The maximum Gasteiger partial charge on any atom is 0.267 e. The maximum absolute atomic E-state index is 12.7. The van der Waals surface area contributed by atoms with Crippen molar-refractivity contribution in [3.05, 3.63) is 63.6 Å². The molecule has 0 spiro atoms. The second kappa shape index (κ2) is 8.10. The minimum Gasteiger partial charge on any atom is -0.486 e. The number of benzene rings is 2. The van der Waals surface area contributed by atoms with E-state index in [0.717, 1.165) is 11.3 Å². The number of hydrogen-bond acceptors (Lipinski definition) is 6. The van der Waals surface area contributed by atoms with Gasteiger partial charge in [-0.2, -0.15) is 0 Å².